The number of rotatable bonds is 5. The zero-order chi connectivity index (χ0) is 16.1. The Morgan fingerprint density at radius 1 is 1.10 bits per heavy atom. The maximum absolute atomic E-state index is 10.8. The predicted octanol–water partition coefficient (Wildman–Crippen LogP) is 4.21. The van der Waals surface area contributed by atoms with Crippen molar-refractivity contribution in [2.24, 2.45) is 0 Å². The SMILES string of the molecule is CC.CC.CCc1ccc(CN(C)C(C)C(=O)O)cc1. The summed E-state index contributed by atoms with van der Waals surface area (Å²) in [4.78, 5) is 12.6. The van der Waals surface area contributed by atoms with E-state index in [0.29, 0.717) is 6.54 Å². The number of hydrogen-bond acceptors (Lipinski definition) is 2. The average Bonchev–Trinajstić information content (AvgIpc) is 2.51. The maximum atomic E-state index is 10.8. The molecular formula is C17H31NO2. The van der Waals surface area contributed by atoms with E-state index in [2.05, 4.69) is 31.2 Å². The van der Waals surface area contributed by atoms with E-state index in [9.17, 15) is 4.79 Å². The van der Waals surface area contributed by atoms with E-state index < -0.39 is 12.0 Å². The molecule has 116 valence electrons. The zero-order valence-electron chi connectivity index (χ0n) is 14.1. The summed E-state index contributed by atoms with van der Waals surface area (Å²) < 4.78 is 0. The van der Waals surface area contributed by atoms with Gasteiger partial charge in [0.15, 0.2) is 0 Å². The minimum absolute atomic E-state index is 0.453. The number of benzene rings is 1. The zero-order valence-corrected chi connectivity index (χ0v) is 14.1. The van der Waals surface area contributed by atoms with Crippen molar-refractivity contribution in [1.29, 1.82) is 0 Å². The summed E-state index contributed by atoms with van der Waals surface area (Å²) in [6.07, 6.45) is 1.03. The van der Waals surface area contributed by atoms with Gasteiger partial charge < -0.3 is 5.11 Å². The third-order valence-corrected chi connectivity index (χ3v) is 2.88. The van der Waals surface area contributed by atoms with E-state index in [4.69, 9.17) is 5.11 Å². The van der Waals surface area contributed by atoms with Crippen molar-refractivity contribution in [3.63, 3.8) is 0 Å². The molecule has 3 nitrogen and oxygen atoms in total. The van der Waals surface area contributed by atoms with Crippen molar-refractivity contribution in [2.75, 3.05) is 7.05 Å². The molecule has 0 aliphatic rings. The van der Waals surface area contributed by atoms with Gasteiger partial charge >= 0.3 is 5.97 Å². The number of aliphatic carboxylic acids is 1. The summed E-state index contributed by atoms with van der Waals surface area (Å²) >= 11 is 0. The minimum atomic E-state index is -0.785. The molecule has 1 unspecified atom stereocenters. The van der Waals surface area contributed by atoms with Gasteiger partial charge in [0.25, 0.3) is 0 Å². The van der Waals surface area contributed by atoms with Crippen LogP contribution in [0.15, 0.2) is 24.3 Å². The summed E-state index contributed by atoms with van der Waals surface area (Å²) in [5.74, 6) is -0.785. The normalized spacial score (nSPS) is 10.8. The molecule has 0 aromatic heterocycles. The minimum Gasteiger partial charge on any atom is -0.480 e. The van der Waals surface area contributed by atoms with Gasteiger partial charge in [-0.25, -0.2) is 0 Å². The first-order valence-electron chi connectivity index (χ1n) is 7.55. The number of hydrogen-bond donors (Lipinski definition) is 1. The number of nitrogens with zero attached hydrogens (tertiary/aromatic N) is 1. The van der Waals surface area contributed by atoms with Crippen LogP contribution in [-0.2, 0) is 17.8 Å². The smallest absolute Gasteiger partial charge is 0.320 e. The maximum Gasteiger partial charge on any atom is 0.320 e. The Morgan fingerprint density at radius 3 is 1.85 bits per heavy atom. The van der Waals surface area contributed by atoms with Gasteiger partial charge in [0, 0.05) is 6.54 Å². The van der Waals surface area contributed by atoms with Crippen LogP contribution in [0.25, 0.3) is 0 Å². The molecule has 1 rings (SSSR count). The Bertz CT molecular complexity index is 347. The van der Waals surface area contributed by atoms with E-state index in [1.54, 1.807) is 6.92 Å². The molecule has 20 heavy (non-hydrogen) atoms. The van der Waals surface area contributed by atoms with Crippen molar-refractivity contribution < 1.29 is 9.90 Å². The van der Waals surface area contributed by atoms with Crippen LogP contribution in [0.4, 0.5) is 0 Å². The van der Waals surface area contributed by atoms with E-state index in [1.807, 2.05) is 39.6 Å². The van der Waals surface area contributed by atoms with Crippen molar-refractivity contribution in [3.05, 3.63) is 35.4 Å². The standard InChI is InChI=1S/C13H19NO2.2C2H6/c1-4-11-5-7-12(8-6-11)9-14(3)10(2)13(15)16;2*1-2/h5-8,10H,4,9H2,1-3H3,(H,15,16);2*1-2H3. The van der Waals surface area contributed by atoms with Crippen molar-refractivity contribution in [2.45, 2.75) is 60.5 Å². The Morgan fingerprint density at radius 2 is 1.50 bits per heavy atom. The number of carboxylic acid groups (broad SMARTS) is 1. The highest BCUT2D eigenvalue weighted by atomic mass is 16.4. The topological polar surface area (TPSA) is 40.5 Å². The fourth-order valence-corrected chi connectivity index (χ4v) is 1.49. The molecule has 0 fully saturated rings. The van der Waals surface area contributed by atoms with Crippen LogP contribution < -0.4 is 0 Å². The third kappa shape index (κ3) is 7.95. The van der Waals surface area contributed by atoms with Gasteiger partial charge in [-0.05, 0) is 31.5 Å². The molecule has 1 N–H and O–H groups in total. The molecule has 1 aromatic rings. The summed E-state index contributed by atoms with van der Waals surface area (Å²) in [5, 5.41) is 8.87. The summed E-state index contributed by atoms with van der Waals surface area (Å²) in [7, 11) is 1.83. The van der Waals surface area contributed by atoms with E-state index >= 15 is 0 Å². The first-order valence-corrected chi connectivity index (χ1v) is 7.55. The number of carbonyl (C=O) groups is 1. The van der Waals surface area contributed by atoms with Gasteiger partial charge in [-0.15, -0.1) is 0 Å². The fourth-order valence-electron chi connectivity index (χ4n) is 1.49. The first-order chi connectivity index (χ1) is 9.54. The second kappa shape index (κ2) is 12.7. The Labute approximate surface area is 124 Å². The predicted molar refractivity (Wildman–Crippen MR) is 87.1 cm³/mol. The fraction of sp³-hybridized carbons (Fsp3) is 0.588. The molecule has 0 radical (unpaired) electrons. The molecule has 3 heteroatoms. The second-order valence-corrected chi connectivity index (χ2v) is 4.10. The lowest BCUT2D eigenvalue weighted by Gasteiger charge is -2.21. The van der Waals surface area contributed by atoms with Crippen LogP contribution in [0, 0.1) is 0 Å². The van der Waals surface area contributed by atoms with E-state index in [0.717, 1.165) is 12.0 Å². The van der Waals surface area contributed by atoms with Crippen LogP contribution in [0.3, 0.4) is 0 Å². The highest BCUT2D eigenvalue weighted by Gasteiger charge is 2.16. The molecule has 0 saturated carbocycles. The lowest BCUT2D eigenvalue weighted by atomic mass is 10.1. The molecule has 0 amide bonds. The van der Waals surface area contributed by atoms with Gasteiger partial charge in [0.1, 0.15) is 6.04 Å². The van der Waals surface area contributed by atoms with Crippen molar-refractivity contribution in [3.8, 4) is 0 Å². The Kier molecular flexibility index (Phi) is 13.3. The van der Waals surface area contributed by atoms with Crippen LogP contribution in [0.2, 0.25) is 0 Å². The average molecular weight is 281 g/mol. The second-order valence-electron chi connectivity index (χ2n) is 4.10. The first kappa shape index (κ1) is 21.0. The number of aryl methyl sites for hydroxylation is 1. The van der Waals surface area contributed by atoms with Gasteiger partial charge in [0.05, 0.1) is 0 Å². The number of carboxylic acids is 1. The molecule has 0 bridgehead atoms. The van der Waals surface area contributed by atoms with Crippen LogP contribution in [-0.4, -0.2) is 29.1 Å². The van der Waals surface area contributed by atoms with Gasteiger partial charge in [0.2, 0.25) is 0 Å². The lowest BCUT2D eigenvalue weighted by molar-refractivity contribution is -0.142. The monoisotopic (exact) mass is 281 g/mol. The quantitative estimate of drug-likeness (QED) is 0.879. The van der Waals surface area contributed by atoms with Crippen LogP contribution in [0.1, 0.15) is 52.7 Å². The molecular weight excluding hydrogens is 250 g/mol. The molecule has 0 spiro atoms. The van der Waals surface area contributed by atoms with Crippen molar-refractivity contribution in [1.82, 2.24) is 4.90 Å². The van der Waals surface area contributed by atoms with Crippen LogP contribution in [0.5, 0.6) is 0 Å². The summed E-state index contributed by atoms with van der Waals surface area (Å²) in [5.41, 5.74) is 2.45. The summed E-state index contributed by atoms with van der Waals surface area (Å²) in [6.45, 7) is 12.5. The van der Waals surface area contributed by atoms with Gasteiger partial charge in [-0.1, -0.05) is 58.9 Å². The number of likely N-dealkylation sites (N-methyl/N-ethyl adjacent to an activating group) is 1. The summed E-state index contributed by atoms with van der Waals surface area (Å²) in [6, 6.07) is 7.85. The Balaban J connectivity index is 0. The Hall–Kier alpha value is -1.35. The highest BCUT2D eigenvalue weighted by molar-refractivity contribution is 5.72. The molecule has 0 aliphatic heterocycles. The molecule has 0 heterocycles. The largest absolute Gasteiger partial charge is 0.480 e. The van der Waals surface area contributed by atoms with E-state index in [-0.39, 0.29) is 0 Å². The van der Waals surface area contributed by atoms with Crippen LogP contribution >= 0.6 is 0 Å². The molecule has 1 atom stereocenters. The van der Waals surface area contributed by atoms with Gasteiger partial charge in [-0.2, -0.15) is 0 Å². The third-order valence-electron chi connectivity index (χ3n) is 2.88. The van der Waals surface area contributed by atoms with Gasteiger partial charge in [-0.3, -0.25) is 9.69 Å². The molecule has 1 aromatic carbocycles. The molecule has 0 saturated heterocycles. The molecule has 0 aliphatic carbocycles. The highest BCUT2D eigenvalue weighted by Crippen LogP contribution is 2.09. The lowest BCUT2D eigenvalue weighted by Crippen LogP contribution is -2.35. The van der Waals surface area contributed by atoms with Crippen molar-refractivity contribution >= 4 is 5.97 Å². The van der Waals surface area contributed by atoms with E-state index in [1.165, 1.54) is 5.56 Å².